The van der Waals surface area contributed by atoms with Crippen LogP contribution >= 0.6 is 11.8 Å². The van der Waals surface area contributed by atoms with Crippen LogP contribution in [0.2, 0.25) is 0 Å². The van der Waals surface area contributed by atoms with E-state index < -0.39 is 11.7 Å². The van der Waals surface area contributed by atoms with Crippen LogP contribution in [0.1, 0.15) is 34.6 Å². The standard InChI is InChI=1S/C18H30N2O5S/c1-7-9-23-14-11(3)12(10-21)24-15-13(14)19-16(26-15)20(8-2)17(22)25-18(4,5)6/h7,11-15,21H,1,8-10H2,2-6H3/t11-,12-,13-,14+,15-/m1/s1. The van der Waals surface area contributed by atoms with Gasteiger partial charge in [0.25, 0.3) is 0 Å². The van der Waals surface area contributed by atoms with Crippen molar-refractivity contribution in [3.8, 4) is 0 Å². The van der Waals surface area contributed by atoms with Crippen LogP contribution in [0, 0.1) is 5.92 Å². The van der Waals surface area contributed by atoms with Gasteiger partial charge in [-0.25, -0.2) is 4.79 Å². The number of nitrogens with zero attached hydrogens (tertiary/aromatic N) is 2. The van der Waals surface area contributed by atoms with Crippen molar-refractivity contribution in [2.45, 2.75) is 63.9 Å². The van der Waals surface area contributed by atoms with Gasteiger partial charge in [0, 0.05) is 12.5 Å². The van der Waals surface area contributed by atoms with E-state index in [9.17, 15) is 9.90 Å². The predicted molar refractivity (Wildman–Crippen MR) is 102 cm³/mol. The molecule has 1 amide bonds. The normalized spacial score (nSPS) is 31.2. The fraction of sp³-hybridized carbons (Fsp3) is 0.778. The SMILES string of the molecule is C=CCO[C@H]1[C@H](C)[C@@H](CO)O[C@@H]2SC(N(CC)C(=O)OC(C)(C)C)=N[C@H]12. The van der Waals surface area contributed by atoms with Gasteiger partial charge < -0.3 is 19.3 Å². The van der Waals surface area contributed by atoms with Crippen molar-refractivity contribution in [3.05, 3.63) is 12.7 Å². The lowest BCUT2D eigenvalue weighted by molar-refractivity contribution is -0.140. The van der Waals surface area contributed by atoms with E-state index in [-0.39, 0.29) is 36.2 Å². The van der Waals surface area contributed by atoms with Crippen LogP contribution in [-0.4, -0.2) is 70.3 Å². The highest BCUT2D eigenvalue weighted by Crippen LogP contribution is 2.40. The summed E-state index contributed by atoms with van der Waals surface area (Å²) in [7, 11) is 0. The molecule has 0 aliphatic carbocycles. The van der Waals surface area contributed by atoms with Gasteiger partial charge in [-0.1, -0.05) is 24.8 Å². The van der Waals surface area contributed by atoms with Crippen LogP contribution in [0.25, 0.3) is 0 Å². The Morgan fingerprint density at radius 1 is 1.50 bits per heavy atom. The molecule has 0 bridgehead atoms. The highest BCUT2D eigenvalue weighted by molar-refractivity contribution is 8.14. The molecule has 7 nitrogen and oxygen atoms in total. The highest BCUT2D eigenvalue weighted by atomic mass is 32.2. The Bertz CT molecular complexity index is 548. The number of aliphatic hydroxyl groups excluding tert-OH is 1. The van der Waals surface area contributed by atoms with Gasteiger partial charge in [0.1, 0.15) is 17.1 Å². The number of amidine groups is 1. The van der Waals surface area contributed by atoms with Crippen LogP contribution < -0.4 is 0 Å². The van der Waals surface area contributed by atoms with Gasteiger partial charge in [0.2, 0.25) is 0 Å². The van der Waals surface area contributed by atoms with E-state index in [1.165, 1.54) is 16.7 Å². The molecule has 0 saturated carbocycles. The summed E-state index contributed by atoms with van der Waals surface area (Å²) in [5.74, 6) is -0.0264. The average molecular weight is 387 g/mol. The number of amides is 1. The summed E-state index contributed by atoms with van der Waals surface area (Å²) >= 11 is 1.38. The molecule has 0 unspecified atom stereocenters. The Morgan fingerprint density at radius 3 is 2.73 bits per heavy atom. The second kappa shape index (κ2) is 8.73. The number of carbonyl (C=O) groups is 1. The van der Waals surface area contributed by atoms with E-state index in [0.717, 1.165) is 0 Å². The molecule has 1 fully saturated rings. The summed E-state index contributed by atoms with van der Waals surface area (Å²) in [6, 6.07) is -0.246. The maximum absolute atomic E-state index is 12.5. The van der Waals surface area contributed by atoms with Crippen molar-refractivity contribution in [1.29, 1.82) is 0 Å². The number of rotatable bonds is 5. The minimum absolute atomic E-state index is 0.0264. The topological polar surface area (TPSA) is 80.6 Å². The zero-order valence-corrected chi connectivity index (χ0v) is 17.0. The Balaban J connectivity index is 2.21. The molecule has 0 aromatic rings. The second-order valence-corrected chi connectivity index (χ2v) is 8.48. The second-order valence-electron chi connectivity index (χ2n) is 7.42. The minimum atomic E-state index is -0.580. The summed E-state index contributed by atoms with van der Waals surface area (Å²) in [6.07, 6.45) is 0.716. The van der Waals surface area contributed by atoms with E-state index >= 15 is 0 Å². The Kier molecular flexibility index (Phi) is 7.12. The molecule has 5 atom stereocenters. The lowest BCUT2D eigenvalue weighted by Crippen LogP contribution is -2.52. The van der Waals surface area contributed by atoms with Crippen LogP contribution in [0.15, 0.2) is 17.6 Å². The van der Waals surface area contributed by atoms with Crippen molar-refractivity contribution in [1.82, 2.24) is 4.90 Å². The van der Waals surface area contributed by atoms with E-state index in [2.05, 4.69) is 6.58 Å². The number of thioether (sulfide) groups is 1. The molecule has 148 valence electrons. The lowest BCUT2D eigenvalue weighted by atomic mass is 9.90. The summed E-state index contributed by atoms with van der Waals surface area (Å²) < 4.78 is 17.4. The number of aliphatic hydroxyl groups is 1. The zero-order chi connectivity index (χ0) is 19.5. The van der Waals surface area contributed by atoms with E-state index in [1.807, 2.05) is 34.6 Å². The smallest absolute Gasteiger partial charge is 0.416 e. The molecule has 2 heterocycles. The fourth-order valence-electron chi connectivity index (χ4n) is 2.98. The van der Waals surface area contributed by atoms with Crippen LogP contribution in [0.5, 0.6) is 0 Å². The van der Waals surface area contributed by atoms with Crippen molar-refractivity contribution < 1.29 is 24.1 Å². The number of fused-ring (bicyclic) bond motifs is 1. The first-order valence-electron chi connectivity index (χ1n) is 8.95. The van der Waals surface area contributed by atoms with Crippen molar-refractivity contribution in [3.63, 3.8) is 0 Å². The number of ether oxygens (including phenoxy) is 3. The molecule has 1 saturated heterocycles. The molecule has 8 heteroatoms. The maximum Gasteiger partial charge on any atom is 0.416 e. The Labute approximate surface area is 159 Å². The molecule has 0 radical (unpaired) electrons. The largest absolute Gasteiger partial charge is 0.443 e. The van der Waals surface area contributed by atoms with Crippen molar-refractivity contribution in [2.24, 2.45) is 10.9 Å². The minimum Gasteiger partial charge on any atom is -0.443 e. The molecular formula is C18H30N2O5S. The quantitative estimate of drug-likeness (QED) is 0.732. The molecule has 2 aliphatic heterocycles. The van der Waals surface area contributed by atoms with Crippen molar-refractivity contribution in [2.75, 3.05) is 19.8 Å². The number of hydrogen-bond acceptors (Lipinski definition) is 7. The Hall–Kier alpha value is -1.09. The van der Waals surface area contributed by atoms with Gasteiger partial charge in [-0.05, 0) is 27.7 Å². The molecule has 0 aromatic carbocycles. The summed E-state index contributed by atoms with van der Waals surface area (Å²) in [6.45, 7) is 13.8. The van der Waals surface area contributed by atoms with Crippen molar-refractivity contribution >= 4 is 23.0 Å². The van der Waals surface area contributed by atoms with Gasteiger partial charge >= 0.3 is 6.09 Å². The zero-order valence-electron chi connectivity index (χ0n) is 16.2. The van der Waals surface area contributed by atoms with Gasteiger partial charge in [0.15, 0.2) is 5.17 Å². The van der Waals surface area contributed by atoms with Gasteiger partial charge in [-0.15, -0.1) is 6.58 Å². The van der Waals surface area contributed by atoms with Gasteiger partial charge in [-0.3, -0.25) is 9.89 Å². The first kappa shape index (κ1) is 21.2. The summed E-state index contributed by atoms with van der Waals surface area (Å²) in [4.78, 5) is 18.7. The number of aliphatic imine (C=N–C) groups is 1. The maximum atomic E-state index is 12.5. The molecule has 0 aromatic heterocycles. The fourth-order valence-corrected chi connectivity index (χ4v) is 4.25. The molecular weight excluding hydrogens is 356 g/mol. The third-order valence-corrected chi connectivity index (χ3v) is 5.42. The van der Waals surface area contributed by atoms with E-state index in [0.29, 0.717) is 18.3 Å². The van der Waals surface area contributed by atoms with Gasteiger partial charge in [0.05, 0.1) is 25.4 Å². The highest BCUT2D eigenvalue weighted by Gasteiger charge is 2.49. The van der Waals surface area contributed by atoms with E-state index in [4.69, 9.17) is 19.2 Å². The number of hydrogen-bond donors (Lipinski definition) is 1. The summed E-state index contributed by atoms with van der Waals surface area (Å²) in [5, 5.41) is 10.2. The first-order valence-corrected chi connectivity index (χ1v) is 9.83. The molecule has 1 N–H and O–H groups in total. The number of carbonyl (C=O) groups excluding carboxylic acids is 1. The predicted octanol–water partition coefficient (Wildman–Crippen LogP) is 2.64. The third kappa shape index (κ3) is 4.79. The molecule has 2 rings (SSSR count). The molecule has 26 heavy (non-hydrogen) atoms. The van der Waals surface area contributed by atoms with Gasteiger partial charge in [-0.2, -0.15) is 0 Å². The van der Waals surface area contributed by atoms with Crippen LogP contribution in [-0.2, 0) is 14.2 Å². The average Bonchev–Trinajstić information content (AvgIpc) is 2.95. The van der Waals surface area contributed by atoms with Crippen LogP contribution in [0.3, 0.4) is 0 Å². The molecule has 2 aliphatic rings. The van der Waals surface area contributed by atoms with Crippen LogP contribution in [0.4, 0.5) is 4.79 Å². The Morgan fingerprint density at radius 2 is 2.19 bits per heavy atom. The lowest BCUT2D eigenvalue weighted by Gasteiger charge is -2.40. The van der Waals surface area contributed by atoms with E-state index in [1.54, 1.807) is 6.08 Å². The summed E-state index contributed by atoms with van der Waals surface area (Å²) in [5.41, 5.74) is -0.881. The third-order valence-electron chi connectivity index (χ3n) is 4.26. The first-order chi connectivity index (χ1) is 12.2. The monoisotopic (exact) mass is 386 g/mol. The molecule has 0 spiro atoms.